The Morgan fingerprint density at radius 2 is 2.29 bits per heavy atom. The van der Waals surface area contributed by atoms with Crippen LogP contribution in [-0.4, -0.2) is 0 Å². The van der Waals surface area contributed by atoms with Crippen molar-refractivity contribution in [1.29, 1.82) is 5.26 Å². The molecule has 0 fully saturated rings. The molecule has 0 saturated heterocycles. The highest BCUT2D eigenvalue weighted by Gasteiger charge is 2.10. The van der Waals surface area contributed by atoms with Crippen molar-refractivity contribution in [3.63, 3.8) is 0 Å². The maximum Gasteiger partial charge on any atom is 0.142 e. The van der Waals surface area contributed by atoms with Crippen LogP contribution in [0.5, 0.6) is 0 Å². The maximum absolute atomic E-state index is 8.55. The van der Waals surface area contributed by atoms with Crippen molar-refractivity contribution in [2.75, 3.05) is 5.73 Å². The highest BCUT2D eigenvalue weighted by molar-refractivity contribution is 9.10. The van der Waals surface area contributed by atoms with Gasteiger partial charge in [-0.1, -0.05) is 15.9 Å². The highest BCUT2D eigenvalue weighted by Crippen LogP contribution is 2.30. The van der Waals surface area contributed by atoms with Crippen LogP contribution >= 0.6 is 15.9 Å². The van der Waals surface area contributed by atoms with E-state index in [-0.39, 0.29) is 6.42 Å². The van der Waals surface area contributed by atoms with Gasteiger partial charge in [0.2, 0.25) is 0 Å². The predicted molar refractivity (Wildman–Crippen MR) is 57.6 cm³/mol. The van der Waals surface area contributed by atoms with Gasteiger partial charge in [-0.05, 0) is 18.2 Å². The van der Waals surface area contributed by atoms with Crippen LogP contribution in [0.4, 0.5) is 5.69 Å². The van der Waals surface area contributed by atoms with E-state index in [4.69, 9.17) is 15.4 Å². The van der Waals surface area contributed by atoms with Gasteiger partial charge in [0, 0.05) is 9.86 Å². The molecule has 4 heteroatoms. The Labute approximate surface area is 89.2 Å². The zero-order valence-corrected chi connectivity index (χ0v) is 8.84. The summed E-state index contributed by atoms with van der Waals surface area (Å²) in [4.78, 5) is 0. The number of fused-ring (bicyclic) bond motifs is 1. The van der Waals surface area contributed by atoms with Gasteiger partial charge in [-0.25, -0.2) is 0 Å². The molecular formula is C10H7BrN2O. The number of nitrogens with two attached hydrogens (primary N) is 1. The van der Waals surface area contributed by atoms with Gasteiger partial charge in [-0.15, -0.1) is 0 Å². The molecule has 1 aromatic heterocycles. The summed E-state index contributed by atoms with van der Waals surface area (Å²) in [5.74, 6) is 0.542. The second-order valence-electron chi connectivity index (χ2n) is 2.91. The van der Waals surface area contributed by atoms with Crippen molar-refractivity contribution in [2.45, 2.75) is 6.42 Å². The van der Waals surface area contributed by atoms with E-state index in [1.807, 2.05) is 24.3 Å². The fourth-order valence-corrected chi connectivity index (χ4v) is 1.70. The molecule has 2 N–H and O–H groups in total. The summed E-state index contributed by atoms with van der Waals surface area (Å²) in [5, 5.41) is 9.40. The van der Waals surface area contributed by atoms with Crippen molar-refractivity contribution in [2.24, 2.45) is 0 Å². The molecule has 2 rings (SSSR count). The molecule has 0 aliphatic rings. The van der Waals surface area contributed by atoms with Crippen LogP contribution in [0.1, 0.15) is 5.76 Å². The van der Waals surface area contributed by atoms with E-state index < -0.39 is 0 Å². The van der Waals surface area contributed by atoms with Crippen molar-refractivity contribution < 1.29 is 4.42 Å². The summed E-state index contributed by atoms with van der Waals surface area (Å²) in [5.41, 5.74) is 7.10. The number of halogens is 1. The van der Waals surface area contributed by atoms with Crippen molar-refractivity contribution in [1.82, 2.24) is 0 Å². The number of nitrogen functional groups attached to an aromatic ring is 1. The Balaban J connectivity index is 2.69. The lowest BCUT2D eigenvalue weighted by Gasteiger charge is -1.90. The number of furan rings is 1. The molecule has 0 amide bonds. The molecule has 14 heavy (non-hydrogen) atoms. The van der Waals surface area contributed by atoms with Crippen LogP contribution in [0, 0.1) is 11.3 Å². The molecule has 0 saturated carbocycles. The molecule has 0 unspecified atom stereocenters. The third-order valence-electron chi connectivity index (χ3n) is 2.00. The monoisotopic (exact) mass is 250 g/mol. The average molecular weight is 251 g/mol. The molecule has 0 atom stereocenters. The van der Waals surface area contributed by atoms with Gasteiger partial charge < -0.3 is 10.2 Å². The van der Waals surface area contributed by atoms with Gasteiger partial charge in [0.05, 0.1) is 18.2 Å². The first-order valence-electron chi connectivity index (χ1n) is 4.05. The topological polar surface area (TPSA) is 63.0 Å². The lowest BCUT2D eigenvalue weighted by molar-refractivity contribution is 0.569. The fraction of sp³-hybridized carbons (Fsp3) is 0.100. The number of nitriles is 1. The largest absolute Gasteiger partial charge is 0.458 e. The SMILES string of the molecule is N#CCc1oc2ccc(Br)cc2c1N. The Kier molecular flexibility index (Phi) is 2.18. The third-order valence-corrected chi connectivity index (χ3v) is 2.50. The highest BCUT2D eigenvalue weighted by atomic mass is 79.9. The molecule has 70 valence electrons. The van der Waals surface area contributed by atoms with Crippen molar-refractivity contribution in [3.05, 3.63) is 28.4 Å². The van der Waals surface area contributed by atoms with Crippen LogP contribution in [0.3, 0.4) is 0 Å². The number of rotatable bonds is 1. The molecule has 3 nitrogen and oxygen atoms in total. The van der Waals surface area contributed by atoms with Crippen molar-refractivity contribution >= 4 is 32.6 Å². The first-order chi connectivity index (χ1) is 6.72. The number of anilines is 1. The summed E-state index contributed by atoms with van der Waals surface area (Å²) >= 11 is 3.35. The molecule has 1 heterocycles. The quantitative estimate of drug-likeness (QED) is 0.847. The summed E-state index contributed by atoms with van der Waals surface area (Å²) in [6.45, 7) is 0. The first-order valence-corrected chi connectivity index (χ1v) is 4.85. The summed E-state index contributed by atoms with van der Waals surface area (Å²) in [6.07, 6.45) is 0.206. The van der Waals surface area contributed by atoms with Gasteiger partial charge in [0.15, 0.2) is 0 Å². The van der Waals surface area contributed by atoms with Crippen LogP contribution in [0.2, 0.25) is 0 Å². The second kappa shape index (κ2) is 3.35. The third kappa shape index (κ3) is 1.36. The van der Waals surface area contributed by atoms with Crippen LogP contribution in [-0.2, 0) is 6.42 Å². The van der Waals surface area contributed by atoms with E-state index in [0.717, 1.165) is 15.4 Å². The predicted octanol–water partition coefficient (Wildman–Crippen LogP) is 2.84. The molecular weight excluding hydrogens is 244 g/mol. The minimum Gasteiger partial charge on any atom is -0.458 e. The molecule has 0 aliphatic carbocycles. The standard InChI is InChI=1S/C10H7BrN2O/c11-6-1-2-8-7(5-6)10(13)9(14-8)3-4-12/h1-2,5H,3,13H2. The summed E-state index contributed by atoms with van der Waals surface area (Å²) < 4.78 is 6.37. The van der Waals surface area contributed by atoms with Gasteiger partial charge >= 0.3 is 0 Å². The van der Waals surface area contributed by atoms with E-state index >= 15 is 0 Å². The number of hydrogen-bond acceptors (Lipinski definition) is 3. The fourth-order valence-electron chi connectivity index (χ4n) is 1.34. The van der Waals surface area contributed by atoms with Gasteiger partial charge in [-0.3, -0.25) is 0 Å². The minimum atomic E-state index is 0.206. The first kappa shape index (κ1) is 9.10. The van der Waals surface area contributed by atoms with Crippen LogP contribution in [0.25, 0.3) is 11.0 Å². The lowest BCUT2D eigenvalue weighted by Crippen LogP contribution is -1.87. The Morgan fingerprint density at radius 1 is 1.50 bits per heavy atom. The smallest absolute Gasteiger partial charge is 0.142 e. The minimum absolute atomic E-state index is 0.206. The van der Waals surface area contributed by atoms with Gasteiger partial charge in [0.25, 0.3) is 0 Å². The van der Waals surface area contributed by atoms with Gasteiger partial charge in [0.1, 0.15) is 11.3 Å². The van der Waals surface area contributed by atoms with Crippen LogP contribution < -0.4 is 5.73 Å². The summed E-state index contributed by atoms with van der Waals surface area (Å²) in [6, 6.07) is 7.61. The molecule has 0 bridgehead atoms. The normalized spacial score (nSPS) is 10.3. The Bertz CT molecular complexity index is 525. The summed E-state index contributed by atoms with van der Waals surface area (Å²) in [7, 11) is 0. The number of nitrogens with zero attached hydrogens (tertiary/aromatic N) is 1. The Morgan fingerprint density at radius 3 is 3.00 bits per heavy atom. The molecule has 0 aliphatic heterocycles. The van der Waals surface area contributed by atoms with E-state index in [1.54, 1.807) is 0 Å². The molecule has 0 radical (unpaired) electrons. The molecule has 2 aromatic rings. The average Bonchev–Trinajstić information content (AvgIpc) is 2.46. The second-order valence-corrected chi connectivity index (χ2v) is 3.83. The molecule has 0 spiro atoms. The van der Waals surface area contributed by atoms with Crippen molar-refractivity contribution in [3.8, 4) is 6.07 Å². The van der Waals surface area contributed by atoms with E-state index in [2.05, 4.69) is 15.9 Å². The lowest BCUT2D eigenvalue weighted by atomic mass is 10.2. The van der Waals surface area contributed by atoms with Gasteiger partial charge in [-0.2, -0.15) is 5.26 Å². The number of hydrogen-bond donors (Lipinski definition) is 1. The van der Waals surface area contributed by atoms with E-state index in [0.29, 0.717) is 11.4 Å². The Hall–Kier alpha value is -1.47. The molecule has 1 aromatic carbocycles. The maximum atomic E-state index is 8.55. The van der Waals surface area contributed by atoms with E-state index in [9.17, 15) is 0 Å². The zero-order chi connectivity index (χ0) is 10.1. The zero-order valence-electron chi connectivity index (χ0n) is 7.25. The van der Waals surface area contributed by atoms with E-state index in [1.165, 1.54) is 0 Å². The number of benzene rings is 1. The van der Waals surface area contributed by atoms with Crippen LogP contribution in [0.15, 0.2) is 27.1 Å².